The van der Waals surface area contributed by atoms with E-state index in [0.29, 0.717) is 30.7 Å². The van der Waals surface area contributed by atoms with Gasteiger partial charge in [-0.05, 0) is 6.07 Å². The van der Waals surface area contributed by atoms with Crippen molar-refractivity contribution < 1.29 is 4.74 Å². The molecular formula is C11H15N7O. The van der Waals surface area contributed by atoms with Gasteiger partial charge in [-0.1, -0.05) is 0 Å². The molecule has 1 aliphatic heterocycles. The number of anilines is 2. The average Bonchev–Trinajstić information content (AvgIpc) is 2.86. The van der Waals surface area contributed by atoms with Crippen LogP contribution in [0.25, 0.3) is 11.5 Å². The van der Waals surface area contributed by atoms with E-state index in [1.165, 1.54) is 0 Å². The number of nitrogen functional groups attached to an aromatic ring is 1. The molecule has 0 aliphatic carbocycles. The number of nitrogens with two attached hydrogens (primary N) is 1. The van der Waals surface area contributed by atoms with Crippen molar-refractivity contribution >= 4 is 11.9 Å². The average molecular weight is 261 g/mol. The molecule has 3 heterocycles. The molecule has 1 fully saturated rings. The van der Waals surface area contributed by atoms with Gasteiger partial charge in [0.2, 0.25) is 11.9 Å². The fourth-order valence-electron chi connectivity index (χ4n) is 1.93. The molecule has 0 saturated carbocycles. The number of aryl methyl sites for hydroxylation is 1. The molecule has 0 unspecified atom stereocenters. The fraction of sp³-hybridized carbons (Fsp3) is 0.455. The van der Waals surface area contributed by atoms with Gasteiger partial charge in [0.05, 0.1) is 13.2 Å². The van der Waals surface area contributed by atoms with Gasteiger partial charge in [-0.15, -0.1) is 0 Å². The van der Waals surface area contributed by atoms with E-state index in [4.69, 9.17) is 10.5 Å². The maximum absolute atomic E-state index is 5.76. The van der Waals surface area contributed by atoms with Crippen molar-refractivity contribution in [1.82, 2.24) is 24.7 Å². The summed E-state index contributed by atoms with van der Waals surface area (Å²) in [6, 6.07) is 1.85. The molecule has 1 aliphatic rings. The summed E-state index contributed by atoms with van der Waals surface area (Å²) in [4.78, 5) is 14.8. The molecule has 3 rings (SSSR count). The number of aromatic nitrogens is 5. The standard InChI is InChI=1S/C11H15N7O/c1-17-3-2-8(16-17)9-13-10(12)15-11(14-9)18-4-6-19-7-5-18/h2-3H,4-7H2,1H3,(H2,12,13,14,15). The Balaban J connectivity index is 1.95. The summed E-state index contributed by atoms with van der Waals surface area (Å²) >= 11 is 0. The zero-order chi connectivity index (χ0) is 13.2. The van der Waals surface area contributed by atoms with E-state index in [-0.39, 0.29) is 5.95 Å². The molecule has 0 spiro atoms. The minimum Gasteiger partial charge on any atom is -0.378 e. The highest BCUT2D eigenvalue weighted by Crippen LogP contribution is 2.17. The Labute approximate surface area is 110 Å². The van der Waals surface area contributed by atoms with Gasteiger partial charge in [-0.25, -0.2) is 0 Å². The van der Waals surface area contributed by atoms with Crippen LogP contribution in [0.4, 0.5) is 11.9 Å². The van der Waals surface area contributed by atoms with Crippen LogP contribution in [-0.2, 0) is 11.8 Å². The zero-order valence-corrected chi connectivity index (χ0v) is 10.7. The largest absolute Gasteiger partial charge is 0.378 e. The lowest BCUT2D eigenvalue weighted by atomic mass is 10.4. The number of hydrogen-bond donors (Lipinski definition) is 1. The van der Waals surface area contributed by atoms with Crippen LogP contribution in [0, 0.1) is 0 Å². The van der Waals surface area contributed by atoms with Crippen molar-refractivity contribution in [3.63, 3.8) is 0 Å². The van der Waals surface area contributed by atoms with Crippen LogP contribution in [0.15, 0.2) is 12.3 Å². The predicted molar refractivity (Wildman–Crippen MR) is 69.5 cm³/mol. The smallest absolute Gasteiger partial charge is 0.230 e. The van der Waals surface area contributed by atoms with Crippen molar-refractivity contribution in [1.29, 1.82) is 0 Å². The number of rotatable bonds is 2. The van der Waals surface area contributed by atoms with Crippen molar-refractivity contribution in [2.75, 3.05) is 36.9 Å². The van der Waals surface area contributed by atoms with Gasteiger partial charge in [0.15, 0.2) is 5.82 Å². The Morgan fingerprint density at radius 2 is 2.00 bits per heavy atom. The molecule has 2 aromatic heterocycles. The number of morpholine rings is 1. The molecule has 100 valence electrons. The van der Waals surface area contributed by atoms with E-state index < -0.39 is 0 Å². The summed E-state index contributed by atoms with van der Waals surface area (Å²) in [6.07, 6.45) is 1.84. The Morgan fingerprint density at radius 3 is 2.68 bits per heavy atom. The van der Waals surface area contributed by atoms with Gasteiger partial charge >= 0.3 is 0 Å². The maximum atomic E-state index is 5.76. The molecule has 2 aromatic rings. The van der Waals surface area contributed by atoms with Crippen LogP contribution >= 0.6 is 0 Å². The van der Waals surface area contributed by atoms with E-state index in [2.05, 4.69) is 20.1 Å². The fourth-order valence-corrected chi connectivity index (χ4v) is 1.93. The van der Waals surface area contributed by atoms with Gasteiger partial charge in [0.25, 0.3) is 0 Å². The molecular weight excluding hydrogens is 246 g/mol. The van der Waals surface area contributed by atoms with E-state index in [9.17, 15) is 0 Å². The topological polar surface area (TPSA) is 95.0 Å². The van der Waals surface area contributed by atoms with Crippen LogP contribution in [0.3, 0.4) is 0 Å². The monoisotopic (exact) mass is 261 g/mol. The Bertz CT molecular complexity index is 576. The lowest BCUT2D eigenvalue weighted by Crippen LogP contribution is -2.37. The quantitative estimate of drug-likeness (QED) is 0.792. The number of hydrogen-bond acceptors (Lipinski definition) is 7. The first-order chi connectivity index (χ1) is 9.22. The third kappa shape index (κ3) is 2.48. The minimum absolute atomic E-state index is 0.206. The summed E-state index contributed by atoms with van der Waals surface area (Å²) in [6.45, 7) is 2.85. The Morgan fingerprint density at radius 1 is 1.21 bits per heavy atom. The molecule has 8 heteroatoms. The van der Waals surface area contributed by atoms with Crippen molar-refractivity contribution in [3.05, 3.63) is 12.3 Å². The highest BCUT2D eigenvalue weighted by Gasteiger charge is 2.17. The maximum Gasteiger partial charge on any atom is 0.230 e. The molecule has 19 heavy (non-hydrogen) atoms. The minimum atomic E-state index is 0.206. The van der Waals surface area contributed by atoms with E-state index in [0.717, 1.165) is 13.1 Å². The molecule has 8 nitrogen and oxygen atoms in total. The number of ether oxygens (including phenoxy) is 1. The van der Waals surface area contributed by atoms with Crippen molar-refractivity contribution in [3.8, 4) is 11.5 Å². The van der Waals surface area contributed by atoms with Gasteiger partial charge in [-0.3, -0.25) is 4.68 Å². The lowest BCUT2D eigenvalue weighted by Gasteiger charge is -2.26. The summed E-state index contributed by atoms with van der Waals surface area (Å²) < 4.78 is 7.01. The van der Waals surface area contributed by atoms with Crippen LogP contribution in [0.5, 0.6) is 0 Å². The van der Waals surface area contributed by atoms with Crippen molar-refractivity contribution in [2.24, 2.45) is 7.05 Å². The van der Waals surface area contributed by atoms with Crippen LogP contribution in [-0.4, -0.2) is 51.0 Å². The number of nitrogens with zero attached hydrogens (tertiary/aromatic N) is 6. The SMILES string of the molecule is Cn1ccc(-c2nc(N)nc(N3CCOCC3)n2)n1. The van der Waals surface area contributed by atoms with Crippen LogP contribution in [0.2, 0.25) is 0 Å². The van der Waals surface area contributed by atoms with E-state index in [1.807, 2.05) is 24.2 Å². The third-order valence-corrected chi connectivity index (χ3v) is 2.88. The second-order valence-corrected chi connectivity index (χ2v) is 4.29. The first kappa shape index (κ1) is 11.8. The second-order valence-electron chi connectivity index (χ2n) is 4.29. The molecule has 0 radical (unpaired) electrons. The van der Waals surface area contributed by atoms with Gasteiger partial charge in [0, 0.05) is 26.3 Å². The lowest BCUT2D eigenvalue weighted by molar-refractivity contribution is 0.122. The normalized spacial score (nSPS) is 15.7. The zero-order valence-electron chi connectivity index (χ0n) is 10.7. The van der Waals surface area contributed by atoms with Crippen LogP contribution in [0.1, 0.15) is 0 Å². The van der Waals surface area contributed by atoms with Gasteiger partial charge in [-0.2, -0.15) is 20.1 Å². The molecule has 1 saturated heterocycles. The van der Waals surface area contributed by atoms with Crippen LogP contribution < -0.4 is 10.6 Å². The summed E-state index contributed by atoms with van der Waals surface area (Å²) in [5.74, 6) is 1.28. The highest BCUT2D eigenvalue weighted by atomic mass is 16.5. The third-order valence-electron chi connectivity index (χ3n) is 2.88. The second kappa shape index (κ2) is 4.81. The van der Waals surface area contributed by atoms with E-state index >= 15 is 0 Å². The predicted octanol–water partition coefficient (Wildman–Crippen LogP) is -0.309. The molecule has 2 N–H and O–H groups in total. The first-order valence-corrected chi connectivity index (χ1v) is 6.06. The molecule has 0 atom stereocenters. The molecule has 0 amide bonds. The Kier molecular flexibility index (Phi) is 3.00. The Hall–Kier alpha value is -2.22. The summed E-state index contributed by atoms with van der Waals surface area (Å²) in [5, 5.41) is 4.27. The van der Waals surface area contributed by atoms with Crippen molar-refractivity contribution in [2.45, 2.75) is 0 Å². The molecule has 0 bridgehead atoms. The highest BCUT2D eigenvalue weighted by molar-refractivity contribution is 5.52. The summed E-state index contributed by atoms with van der Waals surface area (Å²) in [7, 11) is 1.84. The van der Waals surface area contributed by atoms with E-state index in [1.54, 1.807) is 4.68 Å². The van der Waals surface area contributed by atoms with Gasteiger partial charge < -0.3 is 15.4 Å². The summed E-state index contributed by atoms with van der Waals surface area (Å²) in [5.41, 5.74) is 6.44. The van der Waals surface area contributed by atoms with Gasteiger partial charge in [0.1, 0.15) is 5.69 Å². The molecule has 0 aromatic carbocycles. The first-order valence-electron chi connectivity index (χ1n) is 6.06.